The number of nitro groups is 1. The van der Waals surface area contributed by atoms with Crippen molar-refractivity contribution in [3.05, 3.63) is 32.8 Å². The first-order valence-electron chi connectivity index (χ1n) is 6.55. The lowest BCUT2D eigenvalue weighted by atomic mass is 10.1. The minimum absolute atomic E-state index is 0.0377. The van der Waals surface area contributed by atoms with Crippen molar-refractivity contribution in [3.63, 3.8) is 0 Å². The van der Waals surface area contributed by atoms with Crippen molar-refractivity contribution in [2.45, 2.75) is 18.9 Å². The van der Waals surface area contributed by atoms with E-state index in [4.69, 9.17) is 11.6 Å². The van der Waals surface area contributed by atoms with E-state index in [0.29, 0.717) is 12.6 Å². The normalized spacial score (nSPS) is 14.2. The number of nitrogens with one attached hydrogen (secondary N) is 1. The van der Waals surface area contributed by atoms with Crippen LogP contribution in [0.15, 0.2) is 12.1 Å². The van der Waals surface area contributed by atoms with Crippen LogP contribution in [-0.2, 0) is 0 Å². The molecule has 0 aromatic heterocycles. The quantitative estimate of drug-likeness (QED) is 0.593. The maximum absolute atomic E-state index is 11.2. The Balaban J connectivity index is 2.12. The number of hydrogen-bond donors (Lipinski definition) is 2. The van der Waals surface area contributed by atoms with E-state index in [0.717, 1.165) is 18.7 Å². The molecule has 21 heavy (non-hydrogen) atoms. The molecule has 114 valence electrons. The predicted octanol–water partition coefficient (Wildman–Crippen LogP) is 2.45. The fourth-order valence-corrected chi connectivity index (χ4v) is 2.38. The summed E-state index contributed by atoms with van der Waals surface area (Å²) in [5, 5.41) is 22.9. The van der Waals surface area contributed by atoms with E-state index in [1.54, 1.807) is 0 Å². The molecule has 2 N–H and O–H groups in total. The molecule has 0 bridgehead atoms. The Hall–Kier alpha value is -1.86. The number of non-ortho nitro benzene ring substituents is 1. The highest BCUT2D eigenvalue weighted by Crippen LogP contribution is 2.31. The Kier molecular flexibility index (Phi) is 4.64. The number of anilines is 1. The SMILES string of the molecule is CN(CCNc1c(Cl)cc([N+](=O)[O-])cc1C(=O)O)C1CC1. The molecule has 0 unspecified atom stereocenters. The molecule has 7 nitrogen and oxygen atoms in total. The summed E-state index contributed by atoms with van der Waals surface area (Å²) in [6.07, 6.45) is 2.38. The van der Waals surface area contributed by atoms with Gasteiger partial charge >= 0.3 is 5.97 Å². The summed E-state index contributed by atoms with van der Waals surface area (Å²) in [6, 6.07) is 2.78. The van der Waals surface area contributed by atoms with E-state index in [1.807, 2.05) is 7.05 Å². The standard InChI is InChI=1S/C13H16ClN3O4/c1-16(8-2-3-8)5-4-15-12-10(13(18)19)6-9(17(20)21)7-11(12)14/h6-8,15H,2-5H2,1H3,(H,18,19). The number of nitrogens with zero attached hydrogens (tertiary/aromatic N) is 2. The van der Waals surface area contributed by atoms with Crippen LogP contribution in [0.4, 0.5) is 11.4 Å². The minimum Gasteiger partial charge on any atom is -0.478 e. The maximum Gasteiger partial charge on any atom is 0.338 e. The van der Waals surface area contributed by atoms with E-state index >= 15 is 0 Å². The topological polar surface area (TPSA) is 95.7 Å². The second kappa shape index (κ2) is 6.28. The van der Waals surface area contributed by atoms with Crippen LogP contribution in [0.5, 0.6) is 0 Å². The summed E-state index contributed by atoms with van der Waals surface area (Å²) in [5.74, 6) is -1.25. The predicted molar refractivity (Wildman–Crippen MR) is 79.2 cm³/mol. The van der Waals surface area contributed by atoms with Gasteiger partial charge in [-0.25, -0.2) is 4.79 Å². The zero-order valence-corrected chi connectivity index (χ0v) is 12.3. The van der Waals surface area contributed by atoms with Gasteiger partial charge in [-0.1, -0.05) is 11.6 Å². The van der Waals surface area contributed by atoms with Gasteiger partial charge in [0, 0.05) is 31.3 Å². The van der Waals surface area contributed by atoms with Gasteiger partial charge in [-0.05, 0) is 19.9 Å². The van der Waals surface area contributed by atoms with E-state index in [1.165, 1.54) is 12.8 Å². The third-order valence-electron chi connectivity index (χ3n) is 3.45. The molecule has 1 aliphatic carbocycles. The fraction of sp³-hybridized carbons (Fsp3) is 0.462. The first-order valence-corrected chi connectivity index (χ1v) is 6.93. The van der Waals surface area contributed by atoms with Crippen LogP contribution in [-0.4, -0.2) is 47.1 Å². The van der Waals surface area contributed by atoms with E-state index in [9.17, 15) is 20.0 Å². The number of rotatable bonds is 7. The lowest BCUT2D eigenvalue weighted by molar-refractivity contribution is -0.384. The number of carboxylic acids is 1. The van der Waals surface area contributed by atoms with Crippen LogP contribution in [0.25, 0.3) is 0 Å². The monoisotopic (exact) mass is 313 g/mol. The van der Waals surface area contributed by atoms with Gasteiger partial charge in [0.1, 0.15) is 0 Å². The lowest BCUT2D eigenvalue weighted by Crippen LogP contribution is -2.27. The number of hydrogen-bond acceptors (Lipinski definition) is 5. The highest BCUT2D eigenvalue weighted by atomic mass is 35.5. The van der Waals surface area contributed by atoms with Crippen molar-refractivity contribution < 1.29 is 14.8 Å². The number of likely N-dealkylation sites (N-methyl/N-ethyl adjacent to an activating group) is 1. The molecular formula is C13H16ClN3O4. The molecule has 2 rings (SSSR count). The second-order valence-electron chi connectivity index (χ2n) is 5.05. The van der Waals surface area contributed by atoms with Gasteiger partial charge in [0.2, 0.25) is 0 Å². The molecule has 0 aliphatic heterocycles. The van der Waals surface area contributed by atoms with Crippen molar-refractivity contribution in [2.24, 2.45) is 0 Å². The highest BCUT2D eigenvalue weighted by molar-refractivity contribution is 6.34. The average Bonchev–Trinajstić information content (AvgIpc) is 3.23. The maximum atomic E-state index is 11.2. The Morgan fingerprint density at radius 1 is 1.57 bits per heavy atom. The van der Waals surface area contributed by atoms with Crippen molar-refractivity contribution in [3.8, 4) is 0 Å². The number of benzene rings is 1. The molecule has 0 spiro atoms. The van der Waals surface area contributed by atoms with Gasteiger partial charge in [-0.3, -0.25) is 10.1 Å². The average molecular weight is 314 g/mol. The Morgan fingerprint density at radius 2 is 2.24 bits per heavy atom. The smallest absolute Gasteiger partial charge is 0.338 e. The number of carbonyl (C=O) groups is 1. The fourth-order valence-electron chi connectivity index (χ4n) is 2.10. The van der Waals surface area contributed by atoms with E-state index in [2.05, 4.69) is 10.2 Å². The number of nitro benzene ring substituents is 1. The molecule has 1 aromatic carbocycles. The van der Waals surface area contributed by atoms with Crippen LogP contribution in [0.1, 0.15) is 23.2 Å². The molecule has 0 heterocycles. The number of aromatic carboxylic acids is 1. The summed E-state index contributed by atoms with van der Waals surface area (Å²) >= 11 is 5.97. The van der Waals surface area contributed by atoms with Crippen molar-refractivity contribution in [2.75, 3.05) is 25.5 Å². The summed E-state index contributed by atoms with van der Waals surface area (Å²) in [7, 11) is 2.01. The lowest BCUT2D eigenvalue weighted by Gasteiger charge is -2.17. The van der Waals surface area contributed by atoms with Crippen molar-refractivity contribution in [1.29, 1.82) is 0 Å². The van der Waals surface area contributed by atoms with Crippen LogP contribution in [0, 0.1) is 10.1 Å². The molecular weight excluding hydrogens is 298 g/mol. The largest absolute Gasteiger partial charge is 0.478 e. The summed E-state index contributed by atoms with van der Waals surface area (Å²) < 4.78 is 0. The number of carboxylic acid groups (broad SMARTS) is 1. The van der Waals surface area contributed by atoms with Gasteiger partial charge in [-0.2, -0.15) is 0 Å². The first kappa shape index (κ1) is 15.5. The number of halogens is 1. The van der Waals surface area contributed by atoms with Crippen LogP contribution < -0.4 is 5.32 Å². The molecule has 0 saturated heterocycles. The highest BCUT2D eigenvalue weighted by Gasteiger charge is 2.26. The molecule has 0 radical (unpaired) electrons. The molecule has 1 fully saturated rings. The van der Waals surface area contributed by atoms with Crippen molar-refractivity contribution in [1.82, 2.24) is 4.90 Å². The van der Waals surface area contributed by atoms with Crippen LogP contribution in [0.3, 0.4) is 0 Å². The third-order valence-corrected chi connectivity index (χ3v) is 3.75. The van der Waals surface area contributed by atoms with Crippen molar-refractivity contribution >= 4 is 28.9 Å². The summed E-state index contributed by atoms with van der Waals surface area (Å²) in [6.45, 7) is 1.27. The van der Waals surface area contributed by atoms with E-state index in [-0.39, 0.29) is 22.0 Å². The van der Waals surface area contributed by atoms with Gasteiger partial charge < -0.3 is 15.3 Å². The summed E-state index contributed by atoms with van der Waals surface area (Å²) in [5.41, 5.74) is -0.305. The molecule has 1 aromatic rings. The zero-order valence-electron chi connectivity index (χ0n) is 11.5. The van der Waals surface area contributed by atoms with E-state index < -0.39 is 10.9 Å². The molecule has 0 atom stereocenters. The minimum atomic E-state index is -1.25. The van der Waals surface area contributed by atoms with Crippen LogP contribution >= 0.6 is 11.6 Å². The van der Waals surface area contributed by atoms with Gasteiger partial charge in [0.15, 0.2) is 0 Å². The third kappa shape index (κ3) is 3.83. The molecule has 0 amide bonds. The van der Waals surface area contributed by atoms with Gasteiger partial charge in [0.05, 0.1) is 21.2 Å². The van der Waals surface area contributed by atoms with Gasteiger partial charge in [-0.15, -0.1) is 0 Å². The molecule has 1 aliphatic rings. The Labute approximate surface area is 126 Å². The second-order valence-corrected chi connectivity index (χ2v) is 5.46. The Bertz CT molecular complexity index is 575. The zero-order chi connectivity index (χ0) is 15.6. The van der Waals surface area contributed by atoms with Gasteiger partial charge in [0.25, 0.3) is 5.69 Å². The molecule has 8 heteroatoms. The summed E-state index contributed by atoms with van der Waals surface area (Å²) in [4.78, 5) is 23.5. The first-order chi connectivity index (χ1) is 9.90. The van der Waals surface area contributed by atoms with Crippen LogP contribution in [0.2, 0.25) is 5.02 Å². The molecule has 1 saturated carbocycles. The Morgan fingerprint density at radius 3 is 2.76 bits per heavy atom.